The lowest BCUT2D eigenvalue weighted by Crippen LogP contribution is -2.23. The Hall–Kier alpha value is -1.66. The standard InChI is InChI=1S/C19H24N4OS/c24-16-10-4-5-11-17(16)25-19-21-20-18(14-22-12-6-7-13-22)23(19)15-8-2-1-3-9-15/h1-3,8-9,17H,4-7,10-14H2. The van der Waals surface area contributed by atoms with Crippen LogP contribution in [0.15, 0.2) is 35.5 Å². The molecule has 1 aliphatic carbocycles. The number of hydrogen-bond donors (Lipinski definition) is 0. The number of benzene rings is 1. The summed E-state index contributed by atoms with van der Waals surface area (Å²) in [5.74, 6) is 1.33. The van der Waals surface area contributed by atoms with Crippen LogP contribution in [0.1, 0.15) is 44.3 Å². The minimum Gasteiger partial charge on any atom is -0.298 e. The Morgan fingerprint density at radius 3 is 2.60 bits per heavy atom. The van der Waals surface area contributed by atoms with E-state index in [2.05, 4.69) is 31.8 Å². The normalized spacial score (nSPS) is 21.8. The van der Waals surface area contributed by atoms with E-state index in [1.165, 1.54) is 12.8 Å². The SMILES string of the molecule is O=C1CCCCC1Sc1nnc(CN2CCCC2)n1-c1ccccc1. The van der Waals surface area contributed by atoms with Gasteiger partial charge in [-0.1, -0.05) is 36.4 Å². The molecule has 1 unspecified atom stereocenters. The van der Waals surface area contributed by atoms with Gasteiger partial charge in [0.15, 0.2) is 11.0 Å². The molecule has 2 heterocycles. The summed E-state index contributed by atoms with van der Waals surface area (Å²) >= 11 is 1.59. The van der Waals surface area contributed by atoms with E-state index in [-0.39, 0.29) is 5.25 Å². The smallest absolute Gasteiger partial charge is 0.196 e. The summed E-state index contributed by atoms with van der Waals surface area (Å²) in [6.07, 6.45) is 6.34. The Morgan fingerprint density at radius 1 is 1.04 bits per heavy atom. The second-order valence-corrected chi connectivity index (χ2v) is 8.04. The molecule has 0 amide bonds. The van der Waals surface area contributed by atoms with Crippen molar-refractivity contribution in [2.24, 2.45) is 0 Å². The van der Waals surface area contributed by atoms with Crippen LogP contribution in [0, 0.1) is 0 Å². The number of nitrogens with zero attached hydrogens (tertiary/aromatic N) is 4. The predicted octanol–water partition coefficient (Wildman–Crippen LogP) is 3.47. The fourth-order valence-electron chi connectivity index (χ4n) is 3.66. The molecule has 25 heavy (non-hydrogen) atoms. The number of aromatic nitrogens is 3. The molecular formula is C19H24N4OS. The summed E-state index contributed by atoms with van der Waals surface area (Å²) in [6, 6.07) is 10.3. The molecule has 1 atom stereocenters. The zero-order valence-electron chi connectivity index (χ0n) is 14.4. The van der Waals surface area contributed by atoms with Crippen molar-refractivity contribution >= 4 is 17.5 Å². The van der Waals surface area contributed by atoms with E-state index >= 15 is 0 Å². The fourth-order valence-corrected chi connectivity index (χ4v) is 4.85. The van der Waals surface area contributed by atoms with Crippen LogP contribution in [-0.4, -0.2) is 43.8 Å². The largest absolute Gasteiger partial charge is 0.298 e. The van der Waals surface area contributed by atoms with E-state index in [0.29, 0.717) is 12.2 Å². The van der Waals surface area contributed by atoms with Crippen LogP contribution in [0.5, 0.6) is 0 Å². The molecule has 0 N–H and O–H groups in total. The molecule has 1 saturated heterocycles. The lowest BCUT2D eigenvalue weighted by Gasteiger charge is -2.20. The number of thioether (sulfide) groups is 1. The molecule has 0 radical (unpaired) electrons. The van der Waals surface area contributed by atoms with Crippen LogP contribution in [-0.2, 0) is 11.3 Å². The molecular weight excluding hydrogens is 332 g/mol. The van der Waals surface area contributed by atoms with Crippen molar-refractivity contribution in [2.45, 2.75) is 55.5 Å². The summed E-state index contributed by atoms with van der Waals surface area (Å²) in [4.78, 5) is 14.7. The summed E-state index contributed by atoms with van der Waals surface area (Å²) in [6.45, 7) is 3.08. The molecule has 4 rings (SSSR count). The molecule has 6 heteroatoms. The van der Waals surface area contributed by atoms with Crippen LogP contribution in [0.4, 0.5) is 0 Å². The number of ketones is 1. The van der Waals surface area contributed by atoms with Gasteiger partial charge in [0.05, 0.1) is 11.8 Å². The monoisotopic (exact) mass is 356 g/mol. The first-order valence-electron chi connectivity index (χ1n) is 9.23. The van der Waals surface area contributed by atoms with Gasteiger partial charge in [0.25, 0.3) is 0 Å². The van der Waals surface area contributed by atoms with E-state index in [1.54, 1.807) is 11.8 Å². The molecule has 2 fully saturated rings. The average molecular weight is 356 g/mol. The van der Waals surface area contributed by atoms with E-state index in [4.69, 9.17) is 0 Å². The topological polar surface area (TPSA) is 51.0 Å². The van der Waals surface area contributed by atoms with E-state index < -0.39 is 0 Å². The Bertz CT molecular complexity index is 724. The molecule has 1 aliphatic heterocycles. The van der Waals surface area contributed by atoms with Crippen molar-refractivity contribution in [3.8, 4) is 5.69 Å². The van der Waals surface area contributed by atoms with Gasteiger partial charge >= 0.3 is 0 Å². The number of para-hydroxylation sites is 1. The first-order chi connectivity index (χ1) is 12.3. The van der Waals surface area contributed by atoms with Gasteiger partial charge in [0.1, 0.15) is 5.78 Å². The Morgan fingerprint density at radius 2 is 1.84 bits per heavy atom. The Balaban J connectivity index is 1.63. The van der Waals surface area contributed by atoms with E-state index in [1.807, 2.05) is 18.2 Å². The third-order valence-electron chi connectivity index (χ3n) is 5.02. The zero-order chi connectivity index (χ0) is 17.1. The molecule has 1 aromatic carbocycles. The maximum Gasteiger partial charge on any atom is 0.196 e. The summed E-state index contributed by atoms with van der Waals surface area (Å²) in [7, 11) is 0. The van der Waals surface area contributed by atoms with Crippen molar-refractivity contribution in [3.63, 3.8) is 0 Å². The quantitative estimate of drug-likeness (QED) is 0.821. The molecule has 2 aromatic rings. The maximum absolute atomic E-state index is 12.2. The van der Waals surface area contributed by atoms with Crippen LogP contribution in [0.2, 0.25) is 0 Å². The minimum absolute atomic E-state index is 0.0278. The average Bonchev–Trinajstić information content (AvgIpc) is 3.28. The number of likely N-dealkylation sites (tertiary alicyclic amines) is 1. The van der Waals surface area contributed by atoms with Gasteiger partial charge in [-0.3, -0.25) is 14.3 Å². The second-order valence-electron chi connectivity index (χ2n) is 6.87. The molecule has 132 valence electrons. The second kappa shape index (κ2) is 7.70. The maximum atomic E-state index is 12.2. The highest BCUT2D eigenvalue weighted by molar-refractivity contribution is 8.00. The van der Waals surface area contributed by atoms with Gasteiger partial charge in [0, 0.05) is 12.1 Å². The van der Waals surface area contributed by atoms with Gasteiger partial charge in [-0.15, -0.1) is 10.2 Å². The van der Waals surface area contributed by atoms with Crippen molar-refractivity contribution in [2.75, 3.05) is 13.1 Å². The number of carbonyl (C=O) groups is 1. The van der Waals surface area contributed by atoms with Crippen molar-refractivity contribution in [1.82, 2.24) is 19.7 Å². The first kappa shape index (κ1) is 16.8. The lowest BCUT2D eigenvalue weighted by molar-refractivity contribution is -0.119. The van der Waals surface area contributed by atoms with Gasteiger partial charge in [-0.25, -0.2) is 0 Å². The number of rotatable bonds is 5. The fraction of sp³-hybridized carbons (Fsp3) is 0.526. The zero-order valence-corrected chi connectivity index (χ0v) is 15.2. The summed E-state index contributed by atoms with van der Waals surface area (Å²) < 4.78 is 2.14. The van der Waals surface area contributed by atoms with Gasteiger partial charge in [-0.2, -0.15) is 0 Å². The third-order valence-corrected chi connectivity index (χ3v) is 6.28. The van der Waals surface area contributed by atoms with Crippen molar-refractivity contribution < 1.29 is 4.79 Å². The third kappa shape index (κ3) is 3.80. The summed E-state index contributed by atoms with van der Waals surface area (Å²) in [5.41, 5.74) is 1.08. The van der Waals surface area contributed by atoms with Crippen LogP contribution < -0.4 is 0 Å². The number of Topliss-reactive ketones (excluding diaryl/α,β-unsaturated/α-hetero) is 1. The highest BCUT2D eigenvalue weighted by Gasteiger charge is 2.27. The molecule has 2 aliphatic rings. The van der Waals surface area contributed by atoms with Crippen LogP contribution in [0.25, 0.3) is 5.69 Å². The Labute approximate surface area is 152 Å². The van der Waals surface area contributed by atoms with E-state index in [0.717, 1.165) is 55.6 Å². The van der Waals surface area contributed by atoms with E-state index in [9.17, 15) is 4.79 Å². The minimum atomic E-state index is 0.0278. The van der Waals surface area contributed by atoms with Gasteiger partial charge < -0.3 is 0 Å². The predicted molar refractivity (Wildman–Crippen MR) is 99.0 cm³/mol. The Kier molecular flexibility index (Phi) is 5.17. The first-order valence-corrected chi connectivity index (χ1v) is 10.1. The number of carbonyl (C=O) groups excluding carboxylic acids is 1. The van der Waals surface area contributed by atoms with Crippen molar-refractivity contribution in [1.29, 1.82) is 0 Å². The molecule has 0 spiro atoms. The van der Waals surface area contributed by atoms with Crippen molar-refractivity contribution in [3.05, 3.63) is 36.2 Å². The van der Waals surface area contributed by atoms with Gasteiger partial charge in [-0.05, 0) is 50.9 Å². The summed E-state index contributed by atoms with van der Waals surface area (Å²) in [5, 5.41) is 9.82. The van der Waals surface area contributed by atoms with Crippen LogP contribution in [0.3, 0.4) is 0 Å². The molecule has 0 bridgehead atoms. The number of hydrogen-bond acceptors (Lipinski definition) is 5. The van der Waals surface area contributed by atoms with Gasteiger partial charge in [0.2, 0.25) is 0 Å². The molecule has 1 aromatic heterocycles. The molecule has 5 nitrogen and oxygen atoms in total. The highest BCUT2D eigenvalue weighted by Crippen LogP contribution is 2.32. The molecule has 1 saturated carbocycles. The van der Waals surface area contributed by atoms with Crippen LogP contribution >= 0.6 is 11.8 Å². The highest BCUT2D eigenvalue weighted by atomic mass is 32.2. The lowest BCUT2D eigenvalue weighted by atomic mass is 9.99.